The van der Waals surface area contributed by atoms with Crippen molar-refractivity contribution in [2.24, 2.45) is 7.05 Å². The Morgan fingerprint density at radius 3 is 2.79 bits per heavy atom. The predicted octanol–water partition coefficient (Wildman–Crippen LogP) is 1.69. The number of aryl methyl sites for hydroxylation is 1. The van der Waals surface area contributed by atoms with Gasteiger partial charge in [0, 0.05) is 45.1 Å². The van der Waals surface area contributed by atoms with Crippen LogP contribution in [-0.2, 0) is 13.5 Å². The molecule has 0 aliphatic heterocycles. The van der Waals surface area contributed by atoms with E-state index < -0.39 is 0 Å². The SMILES string of the molecule is CCCNc1nccc(NCCc2nccn2C)n1. The molecule has 2 N–H and O–H groups in total. The average molecular weight is 260 g/mol. The first-order valence-corrected chi connectivity index (χ1v) is 6.56. The Morgan fingerprint density at radius 1 is 1.16 bits per heavy atom. The molecule has 0 amide bonds. The molecule has 0 saturated heterocycles. The molecule has 0 spiro atoms. The molecule has 0 fully saturated rings. The number of hydrogen-bond donors (Lipinski definition) is 2. The first-order valence-electron chi connectivity index (χ1n) is 6.56. The lowest BCUT2D eigenvalue weighted by molar-refractivity contribution is 0.788. The summed E-state index contributed by atoms with van der Waals surface area (Å²) in [5.41, 5.74) is 0. The fourth-order valence-electron chi connectivity index (χ4n) is 1.72. The van der Waals surface area contributed by atoms with Crippen molar-refractivity contribution in [3.05, 3.63) is 30.5 Å². The summed E-state index contributed by atoms with van der Waals surface area (Å²) in [5.74, 6) is 2.57. The van der Waals surface area contributed by atoms with E-state index in [1.54, 1.807) is 6.20 Å². The highest BCUT2D eigenvalue weighted by atomic mass is 15.1. The van der Waals surface area contributed by atoms with E-state index in [1.807, 2.05) is 30.1 Å². The summed E-state index contributed by atoms with van der Waals surface area (Å²) in [4.78, 5) is 12.8. The van der Waals surface area contributed by atoms with Gasteiger partial charge in [0.25, 0.3) is 0 Å². The Morgan fingerprint density at radius 2 is 2.05 bits per heavy atom. The van der Waals surface area contributed by atoms with Crippen LogP contribution in [-0.4, -0.2) is 32.6 Å². The summed E-state index contributed by atoms with van der Waals surface area (Å²) in [6.07, 6.45) is 7.44. The van der Waals surface area contributed by atoms with Crippen molar-refractivity contribution in [3.63, 3.8) is 0 Å². The van der Waals surface area contributed by atoms with Crippen molar-refractivity contribution in [3.8, 4) is 0 Å². The normalized spacial score (nSPS) is 10.4. The van der Waals surface area contributed by atoms with Gasteiger partial charge in [-0.05, 0) is 12.5 Å². The Hall–Kier alpha value is -2.11. The van der Waals surface area contributed by atoms with E-state index in [0.29, 0.717) is 5.95 Å². The van der Waals surface area contributed by atoms with Crippen LogP contribution in [0, 0.1) is 0 Å². The molecule has 0 unspecified atom stereocenters. The van der Waals surface area contributed by atoms with Crippen molar-refractivity contribution in [1.29, 1.82) is 0 Å². The minimum absolute atomic E-state index is 0.670. The maximum atomic E-state index is 4.39. The van der Waals surface area contributed by atoms with Crippen molar-refractivity contribution in [1.82, 2.24) is 19.5 Å². The number of aromatic nitrogens is 4. The Bertz CT molecular complexity index is 507. The van der Waals surface area contributed by atoms with Crippen LogP contribution in [0.1, 0.15) is 19.2 Å². The summed E-state index contributed by atoms with van der Waals surface area (Å²) in [6, 6.07) is 1.87. The van der Waals surface area contributed by atoms with Gasteiger partial charge >= 0.3 is 0 Å². The van der Waals surface area contributed by atoms with Crippen LogP contribution in [0.5, 0.6) is 0 Å². The minimum Gasteiger partial charge on any atom is -0.369 e. The second kappa shape index (κ2) is 6.72. The summed E-state index contributed by atoms with van der Waals surface area (Å²) < 4.78 is 2.02. The molecule has 19 heavy (non-hydrogen) atoms. The fraction of sp³-hybridized carbons (Fsp3) is 0.462. The fourth-order valence-corrected chi connectivity index (χ4v) is 1.72. The number of nitrogens with zero attached hydrogens (tertiary/aromatic N) is 4. The summed E-state index contributed by atoms with van der Waals surface area (Å²) in [5, 5.41) is 6.45. The Kier molecular flexibility index (Phi) is 4.72. The largest absolute Gasteiger partial charge is 0.369 e. The first kappa shape index (κ1) is 13.3. The lowest BCUT2D eigenvalue weighted by atomic mass is 10.4. The van der Waals surface area contributed by atoms with Crippen LogP contribution in [0.25, 0.3) is 0 Å². The first-order chi connectivity index (χ1) is 9.29. The van der Waals surface area contributed by atoms with Crippen LogP contribution in [0.3, 0.4) is 0 Å². The highest BCUT2D eigenvalue weighted by Gasteiger charge is 2.00. The van der Waals surface area contributed by atoms with E-state index >= 15 is 0 Å². The molecule has 0 aromatic carbocycles. The van der Waals surface area contributed by atoms with Crippen molar-refractivity contribution in [2.75, 3.05) is 23.7 Å². The van der Waals surface area contributed by atoms with Gasteiger partial charge in [-0.25, -0.2) is 9.97 Å². The third-order valence-corrected chi connectivity index (χ3v) is 2.76. The molecule has 0 radical (unpaired) electrons. The Labute approximate surface area is 113 Å². The number of nitrogens with one attached hydrogen (secondary N) is 2. The molecule has 2 rings (SSSR count). The topological polar surface area (TPSA) is 67.7 Å². The quantitative estimate of drug-likeness (QED) is 0.793. The monoisotopic (exact) mass is 260 g/mol. The van der Waals surface area contributed by atoms with E-state index in [1.165, 1.54) is 0 Å². The molecular formula is C13H20N6. The molecule has 0 aliphatic carbocycles. The van der Waals surface area contributed by atoms with Gasteiger partial charge < -0.3 is 15.2 Å². The van der Waals surface area contributed by atoms with Gasteiger partial charge in [-0.1, -0.05) is 6.92 Å². The van der Waals surface area contributed by atoms with E-state index in [4.69, 9.17) is 0 Å². The van der Waals surface area contributed by atoms with Gasteiger partial charge in [0.15, 0.2) is 0 Å². The second-order valence-corrected chi connectivity index (χ2v) is 4.32. The van der Waals surface area contributed by atoms with E-state index in [9.17, 15) is 0 Å². The number of rotatable bonds is 7. The van der Waals surface area contributed by atoms with Gasteiger partial charge in [0.2, 0.25) is 5.95 Å². The lowest BCUT2D eigenvalue weighted by Crippen LogP contribution is -2.11. The molecule has 2 aromatic rings. The maximum Gasteiger partial charge on any atom is 0.224 e. The van der Waals surface area contributed by atoms with Gasteiger partial charge in [-0.15, -0.1) is 0 Å². The molecule has 0 aliphatic rings. The number of hydrogen-bond acceptors (Lipinski definition) is 5. The van der Waals surface area contributed by atoms with Crippen LogP contribution < -0.4 is 10.6 Å². The standard InChI is InChI=1S/C13H20N6/c1-3-6-16-13-17-7-4-11(18-13)14-8-5-12-15-9-10-19(12)2/h4,7,9-10H,3,5-6,8H2,1-2H3,(H2,14,16,17,18). The van der Waals surface area contributed by atoms with Gasteiger partial charge in [0.1, 0.15) is 11.6 Å². The van der Waals surface area contributed by atoms with Gasteiger partial charge in [-0.2, -0.15) is 4.98 Å². The predicted molar refractivity (Wildman–Crippen MR) is 76.2 cm³/mol. The zero-order chi connectivity index (χ0) is 13.5. The number of anilines is 2. The molecule has 102 valence electrons. The zero-order valence-corrected chi connectivity index (χ0v) is 11.4. The second-order valence-electron chi connectivity index (χ2n) is 4.32. The van der Waals surface area contributed by atoms with Crippen molar-refractivity contribution in [2.45, 2.75) is 19.8 Å². The highest BCUT2D eigenvalue weighted by Crippen LogP contribution is 2.06. The number of imidazole rings is 1. The Balaban J connectivity index is 1.84. The van der Waals surface area contributed by atoms with Crippen LogP contribution >= 0.6 is 0 Å². The van der Waals surface area contributed by atoms with Crippen LogP contribution in [0.15, 0.2) is 24.7 Å². The molecule has 0 saturated carbocycles. The maximum absolute atomic E-state index is 4.39. The highest BCUT2D eigenvalue weighted by molar-refractivity contribution is 5.39. The molecule has 0 bridgehead atoms. The summed E-state index contributed by atoms with van der Waals surface area (Å²) in [6.45, 7) is 3.80. The van der Waals surface area contributed by atoms with Crippen molar-refractivity contribution >= 4 is 11.8 Å². The summed E-state index contributed by atoms with van der Waals surface area (Å²) >= 11 is 0. The smallest absolute Gasteiger partial charge is 0.224 e. The van der Waals surface area contributed by atoms with Crippen molar-refractivity contribution < 1.29 is 0 Å². The average Bonchev–Trinajstić information content (AvgIpc) is 2.83. The lowest BCUT2D eigenvalue weighted by Gasteiger charge is -2.07. The molecule has 0 atom stereocenters. The summed E-state index contributed by atoms with van der Waals surface area (Å²) in [7, 11) is 2.00. The van der Waals surface area contributed by atoms with E-state index in [0.717, 1.165) is 37.6 Å². The molecule has 2 aromatic heterocycles. The minimum atomic E-state index is 0.670. The molecule has 2 heterocycles. The molecule has 6 heteroatoms. The van der Waals surface area contributed by atoms with Crippen LogP contribution in [0.4, 0.5) is 11.8 Å². The molecular weight excluding hydrogens is 240 g/mol. The van der Waals surface area contributed by atoms with Gasteiger partial charge in [0.05, 0.1) is 0 Å². The van der Waals surface area contributed by atoms with E-state index in [2.05, 4.69) is 32.5 Å². The van der Waals surface area contributed by atoms with E-state index in [-0.39, 0.29) is 0 Å². The third-order valence-electron chi connectivity index (χ3n) is 2.76. The zero-order valence-electron chi connectivity index (χ0n) is 11.4. The third kappa shape index (κ3) is 3.94. The van der Waals surface area contributed by atoms with Gasteiger partial charge in [-0.3, -0.25) is 0 Å². The molecule has 6 nitrogen and oxygen atoms in total. The van der Waals surface area contributed by atoms with Crippen LogP contribution in [0.2, 0.25) is 0 Å².